The van der Waals surface area contributed by atoms with Crippen molar-refractivity contribution in [3.8, 4) is 5.75 Å². The quantitative estimate of drug-likeness (QED) is 0.571. The van der Waals surface area contributed by atoms with Crippen LogP contribution in [0, 0.1) is 5.82 Å². The summed E-state index contributed by atoms with van der Waals surface area (Å²) < 4.78 is 18.1. The zero-order chi connectivity index (χ0) is 10.6. The van der Waals surface area contributed by atoms with Crippen LogP contribution in [0.2, 0.25) is 0 Å². The first kappa shape index (κ1) is 10.4. The third-order valence-electron chi connectivity index (χ3n) is 1.59. The van der Waals surface area contributed by atoms with Gasteiger partial charge in [-0.05, 0) is 25.6 Å². The van der Waals surface area contributed by atoms with Crippen LogP contribution in [0.25, 0.3) is 0 Å². The van der Waals surface area contributed by atoms with Gasteiger partial charge in [0.25, 0.3) is 0 Å². The monoisotopic (exact) mass is 196 g/mol. The maximum absolute atomic E-state index is 13.0. The van der Waals surface area contributed by atoms with E-state index in [1.165, 1.54) is 12.1 Å². The lowest BCUT2D eigenvalue weighted by molar-refractivity contribution is 0.384. The number of nitrogens with two attached hydrogens (primary N) is 1. The molecule has 4 heteroatoms. The third-order valence-corrected chi connectivity index (χ3v) is 1.59. The molecule has 3 N–H and O–H groups in total. The van der Waals surface area contributed by atoms with E-state index in [-0.39, 0.29) is 5.69 Å². The summed E-state index contributed by atoms with van der Waals surface area (Å²) in [7, 11) is 0. The van der Waals surface area contributed by atoms with Crippen LogP contribution in [0.3, 0.4) is 0 Å². The van der Waals surface area contributed by atoms with E-state index in [1.54, 1.807) is 6.07 Å². The Balaban J connectivity index is 2.68. The molecule has 0 saturated carbocycles. The Kier molecular flexibility index (Phi) is 3.34. The van der Waals surface area contributed by atoms with Crippen LogP contribution >= 0.6 is 0 Å². The summed E-state index contributed by atoms with van der Waals surface area (Å²) in [6.07, 6.45) is 0. The lowest BCUT2D eigenvalue weighted by Gasteiger charge is -2.09. The van der Waals surface area contributed by atoms with Crippen LogP contribution < -0.4 is 15.8 Å². The minimum atomic E-state index is -0.494. The highest BCUT2D eigenvalue weighted by molar-refractivity contribution is 5.43. The molecule has 1 aromatic carbocycles. The highest BCUT2D eigenvalue weighted by Crippen LogP contribution is 2.18. The molecule has 0 aliphatic heterocycles. The summed E-state index contributed by atoms with van der Waals surface area (Å²) in [5.74, 6) is 0.270. The molecule has 0 atom stereocenters. The summed E-state index contributed by atoms with van der Waals surface area (Å²) in [5, 5.41) is 2.86. The molecule has 0 aromatic heterocycles. The number of rotatable bonds is 4. The lowest BCUT2D eigenvalue weighted by Crippen LogP contribution is -2.15. The van der Waals surface area contributed by atoms with Gasteiger partial charge in [0.2, 0.25) is 0 Å². The molecule has 1 rings (SSSR count). The number of hydrogen-bond donors (Lipinski definition) is 2. The van der Waals surface area contributed by atoms with Gasteiger partial charge in [0.1, 0.15) is 11.6 Å². The predicted molar refractivity (Wildman–Crippen MR) is 54.3 cm³/mol. The van der Waals surface area contributed by atoms with E-state index in [1.807, 2.05) is 6.92 Å². The summed E-state index contributed by atoms with van der Waals surface area (Å²) in [5.41, 5.74) is 5.41. The van der Waals surface area contributed by atoms with E-state index >= 15 is 0 Å². The first-order chi connectivity index (χ1) is 6.63. The Hall–Kier alpha value is -1.71. The topological polar surface area (TPSA) is 47.3 Å². The van der Waals surface area contributed by atoms with E-state index in [0.29, 0.717) is 18.2 Å². The number of nitrogens with one attached hydrogen (secondary N) is 1. The fraction of sp³-hybridized carbons (Fsp3) is 0.200. The summed E-state index contributed by atoms with van der Waals surface area (Å²) in [6, 6.07) is 4.25. The van der Waals surface area contributed by atoms with Crippen molar-refractivity contribution in [1.29, 1.82) is 0 Å². The van der Waals surface area contributed by atoms with Crippen molar-refractivity contribution >= 4 is 5.69 Å². The Morgan fingerprint density at radius 1 is 1.64 bits per heavy atom. The van der Waals surface area contributed by atoms with Crippen LogP contribution in [-0.4, -0.2) is 6.54 Å². The second kappa shape index (κ2) is 4.50. The summed E-state index contributed by atoms with van der Waals surface area (Å²) >= 11 is 0. The van der Waals surface area contributed by atoms with Gasteiger partial charge in [0.05, 0.1) is 5.69 Å². The Morgan fingerprint density at radius 3 is 2.93 bits per heavy atom. The van der Waals surface area contributed by atoms with E-state index in [9.17, 15) is 4.39 Å². The van der Waals surface area contributed by atoms with Crippen molar-refractivity contribution in [3.05, 3.63) is 36.5 Å². The van der Waals surface area contributed by atoms with Gasteiger partial charge < -0.3 is 15.8 Å². The van der Waals surface area contributed by atoms with Gasteiger partial charge >= 0.3 is 0 Å². The standard InChI is InChI=1S/C10H13FN2O/c1-3-13-7(2)14-8-4-5-10(12)9(11)6-8/h4-6,13H,2-3,12H2,1H3. The van der Waals surface area contributed by atoms with Gasteiger partial charge in [-0.25, -0.2) is 4.39 Å². The molecule has 0 amide bonds. The molecule has 1 aromatic rings. The second-order valence-electron chi connectivity index (χ2n) is 2.74. The zero-order valence-electron chi connectivity index (χ0n) is 8.01. The molecule has 0 saturated heterocycles. The molecule has 0 aliphatic carbocycles. The van der Waals surface area contributed by atoms with E-state index in [4.69, 9.17) is 10.5 Å². The largest absolute Gasteiger partial charge is 0.442 e. The molecular formula is C10H13FN2O. The number of ether oxygens (including phenoxy) is 1. The predicted octanol–water partition coefficient (Wildman–Crippen LogP) is 1.87. The third kappa shape index (κ3) is 2.65. The van der Waals surface area contributed by atoms with Gasteiger partial charge in [-0.2, -0.15) is 0 Å². The highest BCUT2D eigenvalue weighted by Gasteiger charge is 2.01. The lowest BCUT2D eigenvalue weighted by atomic mass is 10.3. The number of hydrogen-bond acceptors (Lipinski definition) is 3. The molecule has 0 fully saturated rings. The van der Waals surface area contributed by atoms with Crippen molar-refractivity contribution in [3.63, 3.8) is 0 Å². The van der Waals surface area contributed by atoms with Gasteiger partial charge in [0, 0.05) is 12.6 Å². The van der Waals surface area contributed by atoms with Crippen LogP contribution in [0.4, 0.5) is 10.1 Å². The van der Waals surface area contributed by atoms with Gasteiger partial charge in [0.15, 0.2) is 5.88 Å². The molecule has 3 nitrogen and oxygen atoms in total. The number of anilines is 1. The minimum Gasteiger partial charge on any atom is -0.442 e. The Labute approximate surface area is 82.4 Å². The van der Waals surface area contributed by atoms with E-state index in [2.05, 4.69) is 11.9 Å². The van der Waals surface area contributed by atoms with Crippen LogP contribution in [0.1, 0.15) is 6.92 Å². The molecule has 0 spiro atoms. The first-order valence-electron chi connectivity index (χ1n) is 4.29. The Morgan fingerprint density at radius 2 is 2.36 bits per heavy atom. The molecule has 0 bridgehead atoms. The maximum Gasteiger partial charge on any atom is 0.186 e. The molecule has 0 unspecified atom stereocenters. The first-order valence-corrected chi connectivity index (χ1v) is 4.29. The van der Waals surface area contributed by atoms with Crippen molar-refractivity contribution in [2.75, 3.05) is 12.3 Å². The van der Waals surface area contributed by atoms with Gasteiger partial charge in [-0.3, -0.25) is 0 Å². The van der Waals surface area contributed by atoms with Gasteiger partial charge in [-0.1, -0.05) is 0 Å². The molecular weight excluding hydrogens is 183 g/mol. The summed E-state index contributed by atoms with van der Waals surface area (Å²) in [6.45, 7) is 6.22. The number of benzene rings is 1. The average Bonchev–Trinajstić information content (AvgIpc) is 2.12. The smallest absolute Gasteiger partial charge is 0.186 e. The number of nitrogen functional groups attached to an aromatic ring is 1. The zero-order valence-corrected chi connectivity index (χ0v) is 8.01. The fourth-order valence-corrected chi connectivity index (χ4v) is 0.947. The number of halogens is 1. The highest BCUT2D eigenvalue weighted by atomic mass is 19.1. The average molecular weight is 196 g/mol. The van der Waals surface area contributed by atoms with Gasteiger partial charge in [-0.15, -0.1) is 0 Å². The molecule has 0 heterocycles. The van der Waals surface area contributed by atoms with Crippen LogP contribution in [-0.2, 0) is 0 Å². The molecule has 76 valence electrons. The molecule has 0 radical (unpaired) electrons. The maximum atomic E-state index is 13.0. The minimum absolute atomic E-state index is 0.103. The second-order valence-corrected chi connectivity index (χ2v) is 2.74. The Bertz CT molecular complexity index is 339. The summed E-state index contributed by atoms with van der Waals surface area (Å²) in [4.78, 5) is 0. The molecule has 14 heavy (non-hydrogen) atoms. The van der Waals surface area contributed by atoms with Crippen LogP contribution in [0.5, 0.6) is 5.75 Å². The van der Waals surface area contributed by atoms with Crippen LogP contribution in [0.15, 0.2) is 30.7 Å². The molecule has 0 aliphatic rings. The fourth-order valence-electron chi connectivity index (χ4n) is 0.947. The normalized spacial score (nSPS) is 9.57. The van der Waals surface area contributed by atoms with E-state index in [0.717, 1.165) is 0 Å². The SMILES string of the molecule is C=C(NCC)Oc1ccc(N)c(F)c1. The van der Waals surface area contributed by atoms with E-state index < -0.39 is 5.82 Å². The van der Waals surface area contributed by atoms with Crippen molar-refractivity contribution in [2.24, 2.45) is 0 Å². The van der Waals surface area contributed by atoms with Crippen molar-refractivity contribution in [2.45, 2.75) is 6.92 Å². The van der Waals surface area contributed by atoms with Crippen molar-refractivity contribution in [1.82, 2.24) is 5.32 Å². The van der Waals surface area contributed by atoms with Crippen molar-refractivity contribution < 1.29 is 9.13 Å².